The fraction of sp³-hybridized carbons (Fsp3) is 0.333. The first kappa shape index (κ1) is 23.6. The molecule has 32 heavy (non-hydrogen) atoms. The van der Waals surface area contributed by atoms with E-state index < -0.39 is 5.60 Å². The second-order valence-electron chi connectivity index (χ2n) is 8.14. The zero-order valence-corrected chi connectivity index (χ0v) is 19.4. The van der Waals surface area contributed by atoms with Crippen LogP contribution >= 0.6 is 0 Å². The molecule has 0 amide bonds. The van der Waals surface area contributed by atoms with Crippen LogP contribution in [0.4, 0.5) is 0 Å². The third kappa shape index (κ3) is 6.02. The Balaban J connectivity index is 1.85. The zero-order chi connectivity index (χ0) is 23.0. The molecule has 0 spiro atoms. The number of aliphatic hydroxyl groups is 1. The largest absolute Gasteiger partial charge is 0.497 e. The molecule has 3 rings (SSSR count). The Hall–Kier alpha value is -3.02. The van der Waals surface area contributed by atoms with E-state index in [0.29, 0.717) is 13.0 Å². The van der Waals surface area contributed by atoms with Gasteiger partial charge < -0.3 is 24.2 Å². The molecule has 5 nitrogen and oxygen atoms in total. The summed E-state index contributed by atoms with van der Waals surface area (Å²) in [5.41, 5.74) is 1.41. The van der Waals surface area contributed by atoms with E-state index in [-0.39, 0.29) is 0 Å². The maximum atomic E-state index is 11.9. The van der Waals surface area contributed by atoms with Gasteiger partial charge in [0, 0.05) is 13.0 Å². The van der Waals surface area contributed by atoms with Crippen LogP contribution < -0.4 is 14.2 Å². The van der Waals surface area contributed by atoms with Crippen molar-refractivity contribution < 1.29 is 19.3 Å². The topological polar surface area (TPSA) is 51.2 Å². The zero-order valence-electron chi connectivity index (χ0n) is 19.4. The average molecular weight is 436 g/mol. The lowest BCUT2D eigenvalue weighted by molar-refractivity contribution is 0.0810. The molecule has 1 unspecified atom stereocenters. The summed E-state index contributed by atoms with van der Waals surface area (Å²) in [5.74, 6) is 2.34. The monoisotopic (exact) mass is 435 g/mol. The molecule has 0 bridgehead atoms. The standard InChI is InChI=1S/C27H33NO4/c1-28(2)18-5-19-32-26-16-10-23(11-17-26)27(29,22-8-14-25(31-4)15-9-22)20-21-6-12-24(30-3)13-7-21/h6-17,29H,5,18-20H2,1-4H3. The van der Waals surface area contributed by atoms with Gasteiger partial charge in [0.2, 0.25) is 0 Å². The number of methoxy groups -OCH3 is 2. The first-order chi connectivity index (χ1) is 15.4. The molecule has 0 aromatic heterocycles. The van der Waals surface area contributed by atoms with Crippen LogP contribution in [0.25, 0.3) is 0 Å². The summed E-state index contributed by atoms with van der Waals surface area (Å²) >= 11 is 0. The van der Waals surface area contributed by atoms with Gasteiger partial charge >= 0.3 is 0 Å². The Morgan fingerprint density at radius 2 is 1.19 bits per heavy atom. The fourth-order valence-corrected chi connectivity index (χ4v) is 3.67. The van der Waals surface area contributed by atoms with E-state index in [1.165, 1.54) is 0 Å². The van der Waals surface area contributed by atoms with Crippen LogP contribution in [-0.2, 0) is 12.0 Å². The summed E-state index contributed by atoms with van der Waals surface area (Å²) in [6.07, 6.45) is 1.38. The lowest BCUT2D eigenvalue weighted by Gasteiger charge is -2.30. The summed E-state index contributed by atoms with van der Waals surface area (Å²) in [7, 11) is 7.39. The molecule has 0 aliphatic carbocycles. The summed E-state index contributed by atoms with van der Waals surface area (Å²) in [6, 6.07) is 23.1. The third-order valence-corrected chi connectivity index (χ3v) is 5.54. The van der Waals surface area contributed by atoms with Gasteiger partial charge in [0.1, 0.15) is 22.8 Å². The minimum absolute atomic E-state index is 0.423. The number of ether oxygens (including phenoxy) is 3. The molecule has 170 valence electrons. The van der Waals surface area contributed by atoms with Crippen LogP contribution in [0, 0.1) is 0 Å². The highest BCUT2D eigenvalue weighted by Gasteiger charge is 2.32. The predicted molar refractivity (Wildman–Crippen MR) is 128 cm³/mol. The van der Waals surface area contributed by atoms with Gasteiger partial charge in [-0.25, -0.2) is 0 Å². The highest BCUT2D eigenvalue weighted by molar-refractivity contribution is 5.43. The van der Waals surface area contributed by atoms with Crippen molar-refractivity contribution >= 4 is 0 Å². The van der Waals surface area contributed by atoms with Crippen LogP contribution in [0.3, 0.4) is 0 Å². The van der Waals surface area contributed by atoms with Crippen LogP contribution in [0.5, 0.6) is 17.2 Å². The first-order valence-electron chi connectivity index (χ1n) is 10.8. The van der Waals surface area contributed by atoms with Gasteiger partial charge in [-0.15, -0.1) is 0 Å². The fourth-order valence-electron chi connectivity index (χ4n) is 3.67. The molecule has 0 saturated heterocycles. The number of benzene rings is 3. The molecule has 3 aromatic rings. The van der Waals surface area contributed by atoms with Gasteiger partial charge in [-0.1, -0.05) is 36.4 Å². The Labute approximate surface area is 191 Å². The van der Waals surface area contributed by atoms with Crippen LogP contribution in [0.15, 0.2) is 72.8 Å². The van der Waals surface area contributed by atoms with Crippen LogP contribution in [-0.4, -0.2) is 51.5 Å². The molecule has 0 heterocycles. The van der Waals surface area contributed by atoms with Crippen LogP contribution in [0.1, 0.15) is 23.1 Å². The highest BCUT2D eigenvalue weighted by atomic mass is 16.5. The third-order valence-electron chi connectivity index (χ3n) is 5.54. The number of rotatable bonds is 11. The highest BCUT2D eigenvalue weighted by Crippen LogP contribution is 2.35. The minimum atomic E-state index is -1.20. The van der Waals surface area contributed by atoms with Gasteiger partial charge in [-0.2, -0.15) is 0 Å². The van der Waals surface area contributed by atoms with E-state index >= 15 is 0 Å². The maximum absolute atomic E-state index is 11.9. The van der Waals surface area contributed by atoms with Crippen molar-refractivity contribution in [2.75, 3.05) is 41.5 Å². The minimum Gasteiger partial charge on any atom is -0.497 e. The quantitative estimate of drug-likeness (QED) is 0.449. The lowest BCUT2D eigenvalue weighted by atomic mass is 9.81. The Morgan fingerprint density at radius 1 is 0.719 bits per heavy atom. The lowest BCUT2D eigenvalue weighted by Crippen LogP contribution is -2.30. The molecule has 5 heteroatoms. The molecule has 0 radical (unpaired) electrons. The predicted octanol–water partition coefficient (Wildman–Crippen LogP) is 4.51. The van der Waals surface area contributed by atoms with E-state index in [9.17, 15) is 5.11 Å². The summed E-state index contributed by atoms with van der Waals surface area (Å²) in [6.45, 7) is 1.64. The second-order valence-corrected chi connectivity index (χ2v) is 8.14. The molecule has 0 aliphatic heterocycles. The van der Waals surface area contributed by atoms with Gasteiger partial charge in [-0.05, 0) is 73.6 Å². The Bertz CT molecular complexity index is 952. The summed E-state index contributed by atoms with van der Waals surface area (Å²) in [4.78, 5) is 2.14. The molecule has 1 N–H and O–H groups in total. The summed E-state index contributed by atoms with van der Waals surface area (Å²) < 4.78 is 16.4. The van der Waals surface area contributed by atoms with Crippen molar-refractivity contribution in [3.8, 4) is 17.2 Å². The normalized spacial score (nSPS) is 12.9. The average Bonchev–Trinajstić information content (AvgIpc) is 2.82. The van der Waals surface area contributed by atoms with Crippen molar-refractivity contribution in [3.05, 3.63) is 89.5 Å². The van der Waals surface area contributed by atoms with Crippen molar-refractivity contribution in [1.82, 2.24) is 4.90 Å². The van der Waals surface area contributed by atoms with Crippen molar-refractivity contribution in [3.63, 3.8) is 0 Å². The molecular weight excluding hydrogens is 402 g/mol. The van der Waals surface area contributed by atoms with E-state index in [1.54, 1.807) is 14.2 Å². The van der Waals surface area contributed by atoms with E-state index in [1.807, 2.05) is 72.8 Å². The van der Waals surface area contributed by atoms with Gasteiger partial charge in [0.05, 0.1) is 20.8 Å². The second kappa shape index (κ2) is 11.0. The van der Waals surface area contributed by atoms with Gasteiger partial charge in [-0.3, -0.25) is 0 Å². The molecular formula is C27H33NO4. The van der Waals surface area contributed by atoms with Crippen molar-refractivity contribution in [2.24, 2.45) is 0 Å². The molecule has 0 aliphatic rings. The van der Waals surface area contributed by atoms with Crippen molar-refractivity contribution in [2.45, 2.75) is 18.4 Å². The number of hydrogen-bond acceptors (Lipinski definition) is 5. The van der Waals surface area contributed by atoms with Crippen LogP contribution in [0.2, 0.25) is 0 Å². The Kier molecular flexibility index (Phi) is 8.14. The van der Waals surface area contributed by atoms with Gasteiger partial charge in [0.25, 0.3) is 0 Å². The first-order valence-corrected chi connectivity index (χ1v) is 10.8. The van der Waals surface area contributed by atoms with E-state index in [4.69, 9.17) is 14.2 Å². The maximum Gasteiger partial charge on any atom is 0.119 e. The molecule has 0 fully saturated rings. The molecule has 1 atom stereocenters. The number of hydrogen-bond donors (Lipinski definition) is 1. The molecule has 3 aromatic carbocycles. The van der Waals surface area contributed by atoms with Crippen molar-refractivity contribution in [1.29, 1.82) is 0 Å². The number of nitrogens with zero attached hydrogens (tertiary/aromatic N) is 1. The smallest absolute Gasteiger partial charge is 0.119 e. The SMILES string of the molecule is COc1ccc(CC(O)(c2ccc(OC)cc2)c2ccc(OCCCN(C)C)cc2)cc1. The summed E-state index contributed by atoms with van der Waals surface area (Å²) in [5, 5.41) is 11.9. The van der Waals surface area contributed by atoms with E-state index in [0.717, 1.165) is 46.9 Å². The van der Waals surface area contributed by atoms with Gasteiger partial charge in [0.15, 0.2) is 0 Å². The molecule has 0 saturated carbocycles. The van der Waals surface area contributed by atoms with E-state index in [2.05, 4.69) is 19.0 Å². The Morgan fingerprint density at radius 3 is 1.66 bits per heavy atom.